The standard InChI is InChI=1S/C18H19BrN2O3S/c1-13-8-10-15(12-17(13)25(23,24)21(2)3)20-18(22)11-9-14-6-4-5-7-16(14)19/h4-12H,1-3H3,(H,20,22). The number of carbonyl (C=O) groups is 1. The fourth-order valence-corrected chi connectivity index (χ4v) is 3.67. The first kappa shape index (κ1) is 19.4. The van der Waals surface area contributed by atoms with Gasteiger partial charge < -0.3 is 5.32 Å². The van der Waals surface area contributed by atoms with Crippen molar-refractivity contribution in [1.82, 2.24) is 4.31 Å². The van der Waals surface area contributed by atoms with E-state index < -0.39 is 10.0 Å². The first-order chi connectivity index (χ1) is 11.7. The molecule has 2 aromatic rings. The lowest BCUT2D eigenvalue weighted by atomic mass is 10.2. The maximum atomic E-state index is 12.3. The lowest BCUT2D eigenvalue weighted by molar-refractivity contribution is -0.111. The molecule has 0 atom stereocenters. The molecule has 0 bridgehead atoms. The second-order valence-electron chi connectivity index (χ2n) is 5.61. The van der Waals surface area contributed by atoms with Gasteiger partial charge in [-0.1, -0.05) is 40.2 Å². The van der Waals surface area contributed by atoms with Crippen LogP contribution in [0.2, 0.25) is 0 Å². The van der Waals surface area contributed by atoms with Crippen LogP contribution in [0.15, 0.2) is 57.9 Å². The number of halogens is 1. The zero-order chi connectivity index (χ0) is 18.6. The van der Waals surface area contributed by atoms with Crippen LogP contribution in [0.1, 0.15) is 11.1 Å². The number of hydrogen-bond donors (Lipinski definition) is 1. The molecule has 0 aliphatic rings. The molecule has 0 radical (unpaired) electrons. The van der Waals surface area contributed by atoms with E-state index in [1.165, 1.54) is 26.2 Å². The number of hydrogen-bond acceptors (Lipinski definition) is 3. The van der Waals surface area contributed by atoms with Crippen LogP contribution in [0.3, 0.4) is 0 Å². The number of nitrogens with one attached hydrogen (secondary N) is 1. The predicted molar refractivity (Wildman–Crippen MR) is 104 cm³/mol. The van der Waals surface area contributed by atoms with E-state index in [9.17, 15) is 13.2 Å². The zero-order valence-electron chi connectivity index (χ0n) is 14.2. The molecule has 0 aliphatic carbocycles. The van der Waals surface area contributed by atoms with Crippen LogP contribution in [0.5, 0.6) is 0 Å². The summed E-state index contributed by atoms with van der Waals surface area (Å²) in [5.41, 5.74) is 1.92. The molecule has 2 aromatic carbocycles. The molecule has 0 heterocycles. The van der Waals surface area contributed by atoms with Gasteiger partial charge in [-0.3, -0.25) is 4.79 Å². The Bertz CT molecular complexity index is 922. The van der Waals surface area contributed by atoms with Crippen LogP contribution in [-0.4, -0.2) is 32.7 Å². The lowest BCUT2D eigenvalue weighted by Crippen LogP contribution is -2.23. The molecule has 25 heavy (non-hydrogen) atoms. The minimum absolute atomic E-state index is 0.171. The summed E-state index contributed by atoms with van der Waals surface area (Å²) in [6.45, 7) is 1.72. The molecule has 1 amide bonds. The van der Waals surface area contributed by atoms with Crippen LogP contribution in [0.4, 0.5) is 5.69 Å². The van der Waals surface area contributed by atoms with E-state index in [0.717, 1.165) is 14.3 Å². The number of nitrogens with zero attached hydrogens (tertiary/aromatic N) is 1. The molecule has 0 saturated carbocycles. The van der Waals surface area contributed by atoms with E-state index in [1.54, 1.807) is 25.1 Å². The van der Waals surface area contributed by atoms with Crippen molar-refractivity contribution >= 4 is 43.6 Å². The van der Waals surface area contributed by atoms with Crippen molar-refractivity contribution in [2.24, 2.45) is 0 Å². The molecule has 5 nitrogen and oxygen atoms in total. The summed E-state index contributed by atoms with van der Waals surface area (Å²) in [5, 5.41) is 2.69. The summed E-state index contributed by atoms with van der Waals surface area (Å²) in [4.78, 5) is 12.3. The van der Waals surface area contributed by atoms with Crippen molar-refractivity contribution in [3.8, 4) is 0 Å². The normalized spacial score (nSPS) is 11.9. The van der Waals surface area contributed by atoms with Crippen LogP contribution in [0.25, 0.3) is 6.08 Å². The topological polar surface area (TPSA) is 66.5 Å². The Kier molecular flexibility index (Phi) is 6.16. The number of aryl methyl sites for hydroxylation is 1. The van der Waals surface area contributed by atoms with E-state index in [-0.39, 0.29) is 10.8 Å². The molecular weight excluding hydrogens is 404 g/mol. The number of amides is 1. The van der Waals surface area contributed by atoms with Gasteiger partial charge in [0.25, 0.3) is 0 Å². The Morgan fingerprint density at radius 1 is 1.16 bits per heavy atom. The van der Waals surface area contributed by atoms with E-state index in [2.05, 4.69) is 21.2 Å². The highest BCUT2D eigenvalue weighted by Gasteiger charge is 2.20. The first-order valence-corrected chi connectivity index (χ1v) is 9.72. The molecular formula is C18H19BrN2O3S. The molecule has 7 heteroatoms. The highest BCUT2D eigenvalue weighted by Crippen LogP contribution is 2.22. The zero-order valence-corrected chi connectivity index (χ0v) is 16.6. The maximum Gasteiger partial charge on any atom is 0.248 e. The summed E-state index contributed by atoms with van der Waals surface area (Å²) in [6, 6.07) is 12.3. The van der Waals surface area contributed by atoms with Crippen LogP contribution in [0, 0.1) is 6.92 Å². The summed E-state index contributed by atoms with van der Waals surface area (Å²) in [5.74, 6) is -0.340. The summed E-state index contributed by atoms with van der Waals surface area (Å²) in [6.07, 6.45) is 3.09. The van der Waals surface area contributed by atoms with Crippen molar-refractivity contribution in [2.75, 3.05) is 19.4 Å². The Labute approximate surface area is 156 Å². The summed E-state index contributed by atoms with van der Waals surface area (Å²) < 4.78 is 26.7. The molecule has 0 aromatic heterocycles. The van der Waals surface area contributed by atoms with E-state index in [4.69, 9.17) is 0 Å². The van der Waals surface area contributed by atoms with Crippen molar-refractivity contribution < 1.29 is 13.2 Å². The molecule has 2 rings (SSSR count). The minimum Gasteiger partial charge on any atom is -0.322 e. The summed E-state index contributed by atoms with van der Waals surface area (Å²) >= 11 is 3.41. The minimum atomic E-state index is -3.57. The van der Waals surface area contributed by atoms with Crippen LogP contribution < -0.4 is 5.32 Å². The van der Waals surface area contributed by atoms with E-state index in [0.29, 0.717) is 11.3 Å². The second kappa shape index (κ2) is 7.95. The average molecular weight is 423 g/mol. The largest absolute Gasteiger partial charge is 0.322 e. The Hall–Kier alpha value is -1.96. The molecule has 1 N–H and O–H groups in total. The molecule has 0 unspecified atom stereocenters. The van der Waals surface area contributed by atoms with Gasteiger partial charge in [-0.2, -0.15) is 0 Å². The quantitative estimate of drug-likeness (QED) is 0.747. The molecule has 0 fully saturated rings. The van der Waals surface area contributed by atoms with E-state index >= 15 is 0 Å². The number of rotatable bonds is 5. The fourth-order valence-electron chi connectivity index (χ4n) is 2.11. The first-order valence-electron chi connectivity index (χ1n) is 7.48. The van der Waals surface area contributed by atoms with Gasteiger partial charge in [0.15, 0.2) is 0 Å². The average Bonchev–Trinajstić information content (AvgIpc) is 2.55. The fraction of sp³-hybridized carbons (Fsp3) is 0.167. The van der Waals surface area contributed by atoms with Crippen LogP contribution >= 0.6 is 15.9 Å². The van der Waals surface area contributed by atoms with Crippen LogP contribution in [-0.2, 0) is 14.8 Å². The second-order valence-corrected chi connectivity index (χ2v) is 8.59. The SMILES string of the molecule is Cc1ccc(NC(=O)C=Cc2ccccc2Br)cc1S(=O)(=O)N(C)C. The third kappa shape index (κ3) is 4.78. The van der Waals surface area contributed by atoms with Crippen molar-refractivity contribution in [3.05, 3.63) is 64.1 Å². The van der Waals surface area contributed by atoms with Gasteiger partial charge in [-0.25, -0.2) is 12.7 Å². The predicted octanol–water partition coefficient (Wildman–Crippen LogP) is 3.66. The highest BCUT2D eigenvalue weighted by atomic mass is 79.9. The lowest BCUT2D eigenvalue weighted by Gasteiger charge is -2.14. The Morgan fingerprint density at radius 3 is 2.48 bits per heavy atom. The molecule has 0 spiro atoms. The van der Waals surface area contributed by atoms with Crippen molar-refractivity contribution in [3.63, 3.8) is 0 Å². The third-order valence-corrected chi connectivity index (χ3v) is 6.21. The van der Waals surface area contributed by atoms with Crippen molar-refractivity contribution in [1.29, 1.82) is 0 Å². The van der Waals surface area contributed by atoms with Gasteiger partial charge in [-0.05, 0) is 42.3 Å². The van der Waals surface area contributed by atoms with Gasteiger partial charge in [0.2, 0.25) is 15.9 Å². The van der Waals surface area contributed by atoms with Gasteiger partial charge in [0, 0.05) is 30.3 Å². The monoisotopic (exact) mass is 422 g/mol. The maximum absolute atomic E-state index is 12.3. The third-order valence-electron chi connectivity index (χ3n) is 3.53. The molecule has 0 aliphatic heterocycles. The molecule has 132 valence electrons. The van der Waals surface area contributed by atoms with Crippen molar-refractivity contribution in [2.45, 2.75) is 11.8 Å². The Balaban J connectivity index is 2.21. The van der Waals surface area contributed by atoms with Gasteiger partial charge in [0.05, 0.1) is 4.90 Å². The van der Waals surface area contributed by atoms with E-state index in [1.807, 2.05) is 24.3 Å². The number of anilines is 1. The van der Waals surface area contributed by atoms with Gasteiger partial charge in [-0.15, -0.1) is 0 Å². The van der Waals surface area contributed by atoms with Gasteiger partial charge >= 0.3 is 0 Å². The number of benzene rings is 2. The number of carbonyl (C=O) groups excluding carboxylic acids is 1. The van der Waals surface area contributed by atoms with Gasteiger partial charge in [0.1, 0.15) is 0 Å². The molecule has 0 saturated heterocycles. The highest BCUT2D eigenvalue weighted by molar-refractivity contribution is 9.10. The number of sulfonamides is 1. The Morgan fingerprint density at radius 2 is 1.84 bits per heavy atom. The summed E-state index contributed by atoms with van der Waals surface area (Å²) in [7, 11) is -0.624. The smallest absolute Gasteiger partial charge is 0.248 e.